The lowest BCUT2D eigenvalue weighted by Crippen LogP contribution is -2.39. The Kier molecular flexibility index (Phi) is 5.20. The Bertz CT molecular complexity index is 919. The quantitative estimate of drug-likeness (QED) is 0.540. The normalized spacial score (nSPS) is 14.9. The number of hydrogen-bond acceptors (Lipinski definition) is 4. The van der Waals surface area contributed by atoms with Gasteiger partial charge in [0, 0.05) is 40.5 Å². The Balaban J connectivity index is 1.47. The van der Waals surface area contributed by atoms with Crippen LogP contribution in [0.1, 0.15) is 17.4 Å². The molecule has 1 aliphatic rings. The fraction of sp³-hybridized carbons (Fsp3) is 0.263. The maximum atomic E-state index is 12.9. The summed E-state index contributed by atoms with van der Waals surface area (Å²) in [4.78, 5) is 20.8. The van der Waals surface area contributed by atoms with E-state index in [1.807, 2.05) is 46.9 Å². The lowest BCUT2D eigenvalue weighted by atomic mass is 10.1. The third-order valence-electron chi connectivity index (χ3n) is 4.46. The van der Waals surface area contributed by atoms with Crippen LogP contribution < -0.4 is 0 Å². The van der Waals surface area contributed by atoms with Crippen LogP contribution in [0.2, 0.25) is 0 Å². The monoisotopic (exact) mass is 447 g/mol. The van der Waals surface area contributed by atoms with E-state index in [1.165, 1.54) is 22.2 Å². The molecule has 1 atom stereocenters. The first-order valence-electron chi connectivity index (χ1n) is 8.42. The van der Waals surface area contributed by atoms with E-state index >= 15 is 0 Å². The van der Waals surface area contributed by atoms with E-state index in [1.54, 1.807) is 17.5 Å². The van der Waals surface area contributed by atoms with Crippen molar-refractivity contribution in [2.45, 2.75) is 30.3 Å². The van der Waals surface area contributed by atoms with Gasteiger partial charge in [0.1, 0.15) is 0 Å². The molecule has 134 valence electrons. The van der Waals surface area contributed by atoms with Crippen molar-refractivity contribution in [1.82, 2.24) is 14.5 Å². The van der Waals surface area contributed by atoms with Crippen molar-refractivity contribution in [2.75, 3.05) is 6.54 Å². The minimum atomic E-state index is -0.174. The fourth-order valence-corrected chi connectivity index (χ4v) is 5.20. The van der Waals surface area contributed by atoms with E-state index in [9.17, 15) is 4.79 Å². The van der Waals surface area contributed by atoms with Crippen LogP contribution in [0.25, 0.3) is 5.69 Å². The van der Waals surface area contributed by atoms with E-state index < -0.39 is 0 Å². The summed E-state index contributed by atoms with van der Waals surface area (Å²) in [5.41, 5.74) is 2.33. The van der Waals surface area contributed by atoms with Crippen LogP contribution in [0.3, 0.4) is 0 Å². The molecule has 1 amide bonds. The summed E-state index contributed by atoms with van der Waals surface area (Å²) in [6.45, 7) is 3.50. The molecule has 0 radical (unpaired) electrons. The zero-order valence-electron chi connectivity index (χ0n) is 14.3. The van der Waals surface area contributed by atoms with Crippen LogP contribution in [0.4, 0.5) is 0 Å². The van der Waals surface area contributed by atoms with Gasteiger partial charge in [0.15, 0.2) is 5.16 Å². The van der Waals surface area contributed by atoms with Gasteiger partial charge in [-0.3, -0.25) is 9.36 Å². The Morgan fingerprint density at radius 1 is 1.31 bits per heavy atom. The molecule has 4 nitrogen and oxygen atoms in total. The summed E-state index contributed by atoms with van der Waals surface area (Å²) in [7, 11) is 0. The minimum Gasteiger partial charge on any atom is -0.337 e. The number of amides is 1. The summed E-state index contributed by atoms with van der Waals surface area (Å²) < 4.78 is 3.06. The average Bonchev–Trinajstić information content (AvgIpc) is 3.30. The van der Waals surface area contributed by atoms with E-state index in [-0.39, 0.29) is 11.2 Å². The predicted octanol–water partition coefficient (Wildman–Crippen LogP) is 4.76. The number of aromatic nitrogens is 2. The Morgan fingerprint density at radius 3 is 2.92 bits per heavy atom. The van der Waals surface area contributed by atoms with E-state index in [4.69, 9.17) is 0 Å². The van der Waals surface area contributed by atoms with Crippen LogP contribution in [-0.2, 0) is 17.8 Å². The number of thiophene rings is 1. The molecule has 3 aromatic rings. The molecule has 1 aromatic carbocycles. The van der Waals surface area contributed by atoms with Crippen molar-refractivity contribution in [1.29, 1.82) is 0 Å². The molecule has 0 saturated heterocycles. The summed E-state index contributed by atoms with van der Waals surface area (Å²) in [5.74, 6) is 0.178. The Hall–Kier alpha value is -1.57. The predicted molar refractivity (Wildman–Crippen MR) is 110 cm³/mol. The van der Waals surface area contributed by atoms with Crippen molar-refractivity contribution in [2.24, 2.45) is 0 Å². The molecule has 3 heterocycles. The maximum absolute atomic E-state index is 12.9. The van der Waals surface area contributed by atoms with Crippen LogP contribution in [0.15, 0.2) is 57.7 Å². The summed E-state index contributed by atoms with van der Waals surface area (Å²) in [6, 6.07) is 10.2. The molecule has 0 saturated carbocycles. The van der Waals surface area contributed by atoms with Crippen molar-refractivity contribution in [3.05, 3.63) is 63.0 Å². The second-order valence-electron chi connectivity index (χ2n) is 6.20. The van der Waals surface area contributed by atoms with Gasteiger partial charge in [0.2, 0.25) is 5.91 Å². The molecule has 26 heavy (non-hydrogen) atoms. The molecule has 7 heteroatoms. The Morgan fingerprint density at radius 2 is 2.12 bits per heavy atom. The maximum Gasteiger partial charge on any atom is 0.236 e. The number of nitrogens with zero attached hydrogens (tertiary/aromatic N) is 3. The average molecular weight is 448 g/mol. The zero-order chi connectivity index (χ0) is 18.1. The number of imidazole rings is 1. The minimum absolute atomic E-state index is 0.174. The molecule has 0 bridgehead atoms. The number of rotatable bonds is 4. The molecule has 1 unspecified atom stereocenters. The van der Waals surface area contributed by atoms with E-state index in [0.29, 0.717) is 0 Å². The summed E-state index contributed by atoms with van der Waals surface area (Å²) in [6.07, 6.45) is 4.67. The standard InChI is InChI=1S/C19H18BrN3OS2/c1-13(18(24)22-9-6-17-14(12-22)7-11-25-17)26-19-21-8-10-23(19)16-4-2-15(20)3-5-16/h2-5,7-8,10-11,13H,6,9,12H2,1H3. The van der Waals surface area contributed by atoms with Gasteiger partial charge in [-0.25, -0.2) is 4.98 Å². The second kappa shape index (κ2) is 7.58. The van der Waals surface area contributed by atoms with Crippen molar-refractivity contribution in [3.8, 4) is 5.69 Å². The number of carbonyl (C=O) groups excluding carboxylic acids is 1. The number of benzene rings is 1. The van der Waals surface area contributed by atoms with Crippen LogP contribution in [-0.4, -0.2) is 32.2 Å². The van der Waals surface area contributed by atoms with Gasteiger partial charge in [0.05, 0.1) is 5.25 Å². The number of hydrogen-bond donors (Lipinski definition) is 0. The fourth-order valence-electron chi connectivity index (χ4n) is 3.08. The first-order valence-corrected chi connectivity index (χ1v) is 11.0. The number of carbonyl (C=O) groups is 1. The molecular weight excluding hydrogens is 430 g/mol. The third kappa shape index (κ3) is 3.61. The second-order valence-corrected chi connectivity index (χ2v) is 9.42. The van der Waals surface area contributed by atoms with Crippen LogP contribution in [0, 0.1) is 0 Å². The van der Waals surface area contributed by atoms with Gasteiger partial charge >= 0.3 is 0 Å². The first kappa shape index (κ1) is 17.8. The van der Waals surface area contributed by atoms with Crippen molar-refractivity contribution < 1.29 is 4.79 Å². The Labute approximate surface area is 169 Å². The van der Waals surface area contributed by atoms with Crippen LogP contribution >= 0.6 is 39.0 Å². The van der Waals surface area contributed by atoms with Gasteiger partial charge in [-0.15, -0.1) is 11.3 Å². The molecule has 1 aliphatic heterocycles. The molecule has 2 aromatic heterocycles. The summed E-state index contributed by atoms with van der Waals surface area (Å²) in [5, 5.41) is 2.78. The van der Waals surface area contributed by atoms with E-state index in [0.717, 1.165) is 34.8 Å². The highest BCUT2D eigenvalue weighted by molar-refractivity contribution is 9.10. The lowest BCUT2D eigenvalue weighted by Gasteiger charge is -2.29. The number of thioether (sulfide) groups is 1. The van der Waals surface area contributed by atoms with Crippen molar-refractivity contribution in [3.63, 3.8) is 0 Å². The van der Waals surface area contributed by atoms with Gasteiger partial charge in [-0.1, -0.05) is 27.7 Å². The third-order valence-corrected chi connectivity index (χ3v) is 7.08. The molecule has 0 N–H and O–H groups in total. The van der Waals surface area contributed by atoms with Gasteiger partial charge in [0.25, 0.3) is 0 Å². The molecule has 4 rings (SSSR count). The first-order chi connectivity index (χ1) is 12.6. The highest BCUT2D eigenvalue weighted by Gasteiger charge is 2.26. The zero-order valence-corrected chi connectivity index (χ0v) is 17.5. The largest absolute Gasteiger partial charge is 0.337 e. The van der Waals surface area contributed by atoms with Gasteiger partial charge < -0.3 is 4.90 Å². The van der Waals surface area contributed by atoms with E-state index in [2.05, 4.69) is 32.4 Å². The lowest BCUT2D eigenvalue weighted by molar-refractivity contribution is -0.131. The summed E-state index contributed by atoms with van der Waals surface area (Å²) >= 11 is 6.76. The van der Waals surface area contributed by atoms with Gasteiger partial charge in [-0.05, 0) is 54.6 Å². The number of fused-ring (bicyclic) bond motifs is 1. The molecular formula is C19H18BrN3OS2. The number of halogens is 1. The molecule has 0 fully saturated rings. The topological polar surface area (TPSA) is 38.1 Å². The van der Waals surface area contributed by atoms with Gasteiger partial charge in [-0.2, -0.15) is 0 Å². The molecule has 0 aliphatic carbocycles. The highest BCUT2D eigenvalue weighted by atomic mass is 79.9. The SMILES string of the molecule is CC(Sc1nccn1-c1ccc(Br)cc1)C(=O)N1CCc2sccc2C1. The highest BCUT2D eigenvalue weighted by Crippen LogP contribution is 2.29. The van der Waals surface area contributed by atoms with Crippen molar-refractivity contribution >= 4 is 44.9 Å². The molecule has 0 spiro atoms. The smallest absolute Gasteiger partial charge is 0.236 e. The van der Waals surface area contributed by atoms with Crippen LogP contribution in [0.5, 0.6) is 0 Å².